The van der Waals surface area contributed by atoms with Gasteiger partial charge in [-0.1, -0.05) is 63.2 Å². The number of hydrogen-bond acceptors (Lipinski definition) is 1. The third-order valence-electron chi connectivity index (χ3n) is 4.23. The molecule has 0 bridgehead atoms. The molecule has 0 aliphatic heterocycles. The lowest BCUT2D eigenvalue weighted by Gasteiger charge is -2.18. The van der Waals surface area contributed by atoms with Gasteiger partial charge < -0.3 is 4.42 Å². The van der Waals surface area contributed by atoms with E-state index in [1.165, 1.54) is 27.1 Å². The second-order valence-corrected chi connectivity index (χ2v) is 6.72. The van der Waals surface area contributed by atoms with Crippen molar-refractivity contribution in [2.45, 2.75) is 26.2 Å². The van der Waals surface area contributed by atoms with Crippen LogP contribution in [0.3, 0.4) is 0 Å². The topological polar surface area (TPSA) is 13.1 Å². The first-order chi connectivity index (χ1) is 10.0. The van der Waals surface area contributed by atoms with Crippen molar-refractivity contribution >= 4 is 32.7 Å². The molecule has 0 radical (unpaired) electrons. The molecule has 0 amide bonds. The van der Waals surface area contributed by atoms with Gasteiger partial charge in [0.2, 0.25) is 0 Å². The zero-order chi connectivity index (χ0) is 14.6. The maximum absolute atomic E-state index is 6.10. The number of benzene rings is 3. The molecule has 104 valence electrons. The highest BCUT2D eigenvalue weighted by atomic mass is 16.3. The second-order valence-electron chi connectivity index (χ2n) is 6.72. The van der Waals surface area contributed by atoms with Gasteiger partial charge in [-0.05, 0) is 33.9 Å². The summed E-state index contributed by atoms with van der Waals surface area (Å²) in [5, 5.41) is 4.95. The molecule has 1 aromatic heterocycles. The Morgan fingerprint density at radius 3 is 2.38 bits per heavy atom. The molecule has 4 rings (SSSR count). The molecule has 0 spiro atoms. The smallest absolute Gasteiger partial charge is 0.136 e. The summed E-state index contributed by atoms with van der Waals surface area (Å²) in [6.07, 6.45) is 0. The Morgan fingerprint density at radius 2 is 1.57 bits per heavy atom. The van der Waals surface area contributed by atoms with E-state index >= 15 is 0 Å². The summed E-state index contributed by atoms with van der Waals surface area (Å²) < 4.78 is 6.10. The van der Waals surface area contributed by atoms with E-state index in [0.29, 0.717) is 0 Å². The van der Waals surface area contributed by atoms with Crippen LogP contribution in [-0.4, -0.2) is 0 Å². The van der Waals surface area contributed by atoms with E-state index in [0.717, 1.165) is 11.2 Å². The fraction of sp³-hybridized carbons (Fsp3) is 0.200. The maximum atomic E-state index is 6.10. The van der Waals surface area contributed by atoms with E-state index in [4.69, 9.17) is 4.42 Å². The van der Waals surface area contributed by atoms with Gasteiger partial charge in [-0.2, -0.15) is 0 Å². The monoisotopic (exact) mass is 274 g/mol. The Balaban J connectivity index is 2.14. The lowest BCUT2D eigenvalue weighted by molar-refractivity contribution is 0.587. The first kappa shape index (κ1) is 12.5. The van der Waals surface area contributed by atoms with Crippen LogP contribution >= 0.6 is 0 Å². The fourth-order valence-electron chi connectivity index (χ4n) is 3.01. The molecule has 0 unspecified atom stereocenters. The standard InChI is InChI=1S/C20H18O/c1-20(2,3)14-9-10-16-18(12-14)21-17-11-8-13-6-4-5-7-15(13)19(16)17/h4-12H,1-3H3. The van der Waals surface area contributed by atoms with Crippen molar-refractivity contribution < 1.29 is 4.42 Å². The minimum absolute atomic E-state index is 0.134. The van der Waals surface area contributed by atoms with Gasteiger partial charge in [-0.25, -0.2) is 0 Å². The van der Waals surface area contributed by atoms with Gasteiger partial charge in [0.1, 0.15) is 11.2 Å². The first-order valence-electron chi connectivity index (χ1n) is 7.38. The van der Waals surface area contributed by atoms with Gasteiger partial charge in [0.25, 0.3) is 0 Å². The van der Waals surface area contributed by atoms with Crippen LogP contribution in [0.25, 0.3) is 32.7 Å². The van der Waals surface area contributed by atoms with Crippen LogP contribution in [0, 0.1) is 0 Å². The van der Waals surface area contributed by atoms with E-state index in [2.05, 4.69) is 75.4 Å². The van der Waals surface area contributed by atoms with Crippen LogP contribution in [-0.2, 0) is 5.41 Å². The zero-order valence-electron chi connectivity index (χ0n) is 12.6. The van der Waals surface area contributed by atoms with Gasteiger partial charge in [0, 0.05) is 10.8 Å². The Morgan fingerprint density at radius 1 is 0.762 bits per heavy atom. The van der Waals surface area contributed by atoms with Gasteiger partial charge in [0.05, 0.1) is 0 Å². The molecule has 3 aromatic carbocycles. The molecule has 0 aliphatic rings. The molecule has 0 atom stereocenters. The Kier molecular flexibility index (Phi) is 2.44. The van der Waals surface area contributed by atoms with E-state index in [1.54, 1.807) is 0 Å². The Labute approximate surface area is 124 Å². The maximum Gasteiger partial charge on any atom is 0.136 e. The molecule has 0 aliphatic carbocycles. The van der Waals surface area contributed by atoms with E-state index in [1.807, 2.05) is 0 Å². The average molecular weight is 274 g/mol. The summed E-state index contributed by atoms with van der Waals surface area (Å²) in [4.78, 5) is 0. The van der Waals surface area contributed by atoms with Crippen molar-refractivity contribution in [3.8, 4) is 0 Å². The Hall–Kier alpha value is -2.28. The lowest BCUT2D eigenvalue weighted by Crippen LogP contribution is -2.10. The minimum Gasteiger partial charge on any atom is -0.456 e. The molecule has 21 heavy (non-hydrogen) atoms. The van der Waals surface area contributed by atoms with Crippen LogP contribution in [0.5, 0.6) is 0 Å². The van der Waals surface area contributed by atoms with Gasteiger partial charge in [0.15, 0.2) is 0 Å². The average Bonchev–Trinajstić information content (AvgIpc) is 2.84. The number of rotatable bonds is 0. The first-order valence-corrected chi connectivity index (χ1v) is 7.38. The normalized spacial score (nSPS) is 12.5. The number of fused-ring (bicyclic) bond motifs is 5. The predicted octanol–water partition coefficient (Wildman–Crippen LogP) is 6.04. The zero-order valence-corrected chi connectivity index (χ0v) is 12.6. The summed E-state index contributed by atoms with van der Waals surface area (Å²) in [5.74, 6) is 0. The lowest BCUT2D eigenvalue weighted by atomic mass is 9.86. The van der Waals surface area contributed by atoms with Crippen molar-refractivity contribution in [2.24, 2.45) is 0 Å². The predicted molar refractivity (Wildman–Crippen MR) is 89.9 cm³/mol. The largest absolute Gasteiger partial charge is 0.456 e. The van der Waals surface area contributed by atoms with Crippen LogP contribution in [0.1, 0.15) is 26.3 Å². The summed E-state index contributed by atoms with van der Waals surface area (Å²) in [5.41, 5.74) is 3.39. The SMILES string of the molecule is CC(C)(C)c1ccc2c(c1)oc1ccc3ccccc3c12. The second kappa shape index (κ2) is 4.11. The third kappa shape index (κ3) is 1.84. The summed E-state index contributed by atoms with van der Waals surface area (Å²) in [6.45, 7) is 6.69. The molecule has 0 saturated carbocycles. The van der Waals surface area contributed by atoms with Gasteiger partial charge in [-0.15, -0.1) is 0 Å². The molecular weight excluding hydrogens is 256 g/mol. The number of hydrogen-bond donors (Lipinski definition) is 0. The van der Waals surface area contributed by atoms with Crippen LogP contribution < -0.4 is 0 Å². The molecule has 0 N–H and O–H groups in total. The summed E-state index contributed by atoms with van der Waals surface area (Å²) >= 11 is 0. The van der Waals surface area contributed by atoms with E-state index < -0.39 is 0 Å². The molecule has 0 fully saturated rings. The van der Waals surface area contributed by atoms with Gasteiger partial charge in [-0.3, -0.25) is 0 Å². The Bertz CT molecular complexity index is 968. The van der Waals surface area contributed by atoms with Crippen LogP contribution in [0.2, 0.25) is 0 Å². The van der Waals surface area contributed by atoms with Crippen LogP contribution in [0.4, 0.5) is 0 Å². The van der Waals surface area contributed by atoms with Crippen molar-refractivity contribution in [2.75, 3.05) is 0 Å². The van der Waals surface area contributed by atoms with Crippen molar-refractivity contribution in [1.29, 1.82) is 0 Å². The molecule has 0 saturated heterocycles. The minimum atomic E-state index is 0.134. The van der Waals surface area contributed by atoms with E-state index in [-0.39, 0.29) is 5.41 Å². The van der Waals surface area contributed by atoms with Crippen LogP contribution in [0.15, 0.2) is 59.0 Å². The van der Waals surface area contributed by atoms with Crippen molar-refractivity contribution in [1.82, 2.24) is 0 Å². The highest BCUT2D eigenvalue weighted by Gasteiger charge is 2.16. The highest BCUT2D eigenvalue weighted by molar-refractivity contribution is 6.18. The highest BCUT2D eigenvalue weighted by Crippen LogP contribution is 2.36. The fourth-order valence-corrected chi connectivity index (χ4v) is 3.01. The van der Waals surface area contributed by atoms with E-state index in [9.17, 15) is 0 Å². The molecule has 1 heteroatoms. The molecule has 1 heterocycles. The van der Waals surface area contributed by atoms with Crippen molar-refractivity contribution in [3.63, 3.8) is 0 Å². The summed E-state index contributed by atoms with van der Waals surface area (Å²) in [6, 6.07) is 19.3. The molecule has 1 nitrogen and oxygen atoms in total. The molecular formula is C20H18O. The van der Waals surface area contributed by atoms with Crippen molar-refractivity contribution in [3.05, 3.63) is 60.2 Å². The van der Waals surface area contributed by atoms with Gasteiger partial charge >= 0.3 is 0 Å². The quantitative estimate of drug-likeness (QED) is 0.381. The molecule has 4 aromatic rings. The summed E-state index contributed by atoms with van der Waals surface area (Å²) in [7, 11) is 0. The third-order valence-corrected chi connectivity index (χ3v) is 4.23. The number of furan rings is 1.